The van der Waals surface area contributed by atoms with E-state index in [1.54, 1.807) is 0 Å². The molecule has 0 N–H and O–H groups in total. The second kappa shape index (κ2) is 16.7. The van der Waals surface area contributed by atoms with Gasteiger partial charge in [-0.25, -0.2) is 19.9 Å². The summed E-state index contributed by atoms with van der Waals surface area (Å²) in [5.74, 6) is 0. The molecular weight excluding hydrogens is 791 g/mol. The lowest BCUT2D eigenvalue weighted by Crippen LogP contribution is -2.16. The first-order chi connectivity index (χ1) is 31.5. The van der Waals surface area contributed by atoms with Crippen LogP contribution in [0.25, 0.3) is 78.0 Å². The Kier molecular flexibility index (Phi) is 10.6. The molecule has 2 heterocycles. The van der Waals surface area contributed by atoms with Crippen molar-refractivity contribution in [2.45, 2.75) is 52.4 Å². The van der Waals surface area contributed by atoms with Gasteiger partial charge in [0.05, 0.1) is 44.8 Å². The van der Waals surface area contributed by atoms with Crippen molar-refractivity contribution in [2.75, 3.05) is 4.90 Å². The molecule has 10 aromatic rings. The maximum atomic E-state index is 5.11. The van der Waals surface area contributed by atoms with Crippen LogP contribution in [0.5, 0.6) is 0 Å². The number of rotatable bonds is 8. The van der Waals surface area contributed by atoms with E-state index in [1.807, 2.05) is 48.5 Å². The number of hydrogen-bond donors (Lipinski definition) is 0. The predicted molar refractivity (Wildman–Crippen MR) is 272 cm³/mol. The Bertz CT molecular complexity index is 3090. The first kappa shape index (κ1) is 41.3. The Morgan fingerprint density at radius 1 is 0.262 bits per heavy atom. The van der Waals surface area contributed by atoms with Crippen LogP contribution < -0.4 is 4.90 Å². The predicted octanol–water partition coefficient (Wildman–Crippen LogP) is 16.0. The minimum Gasteiger partial charge on any atom is -0.311 e. The number of hydrogen-bond acceptors (Lipinski definition) is 5. The highest BCUT2D eigenvalue weighted by Gasteiger charge is 2.25. The topological polar surface area (TPSA) is 54.8 Å². The average molecular weight is 842 g/mol. The molecule has 0 atom stereocenters. The van der Waals surface area contributed by atoms with E-state index >= 15 is 0 Å². The molecule has 0 aliphatic carbocycles. The molecular formula is C60H51N5. The molecule has 0 radical (unpaired) electrons. The van der Waals surface area contributed by atoms with E-state index in [0.717, 1.165) is 95.3 Å². The molecule has 0 amide bonds. The van der Waals surface area contributed by atoms with E-state index in [2.05, 4.69) is 198 Å². The Morgan fingerprint density at radius 3 is 0.815 bits per heavy atom. The van der Waals surface area contributed by atoms with Gasteiger partial charge in [0.25, 0.3) is 0 Å². The minimum absolute atomic E-state index is 0.161. The summed E-state index contributed by atoms with van der Waals surface area (Å²) in [7, 11) is 0. The SMILES string of the molecule is CC(C)(C)c1nc2ccccc2nc1-c1ccc(-c2ccc(N(c3ccc(-c4ccccc4)cc3)c3ccc(-c4ccc(-c5nc6ccccc6nc5C(C)(C)C)cc4)cc3)cc2)cc1. The molecule has 316 valence electrons. The van der Waals surface area contributed by atoms with Crippen molar-refractivity contribution >= 4 is 39.1 Å². The van der Waals surface area contributed by atoms with Crippen LogP contribution in [0, 0.1) is 0 Å². The summed E-state index contributed by atoms with van der Waals surface area (Å²) >= 11 is 0. The largest absolute Gasteiger partial charge is 0.311 e. The molecule has 0 spiro atoms. The van der Waals surface area contributed by atoms with Gasteiger partial charge in [0.1, 0.15) is 0 Å². The summed E-state index contributed by atoms with van der Waals surface area (Å²) in [6, 6.07) is 70.8. The molecule has 5 nitrogen and oxygen atoms in total. The van der Waals surface area contributed by atoms with Crippen molar-refractivity contribution in [3.63, 3.8) is 0 Å². The van der Waals surface area contributed by atoms with Crippen LogP contribution in [0.3, 0.4) is 0 Å². The number of fused-ring (bicyclic) bond motifs is 2. The normalized spacial score (nSPS) is 11.8. The zero-order chi connectivity index (χ0) is 44.7. The Balaban J connectivity index is 0.957. The maximum absolute atomic E-state index is 5.11. The fourth-order valence-electron chi connectivity index (χ4n) is 8.58. The average Bonchev–Trinajstić information content (AvgIpc) is 3.34. The lowest BCUT2D eigenvalue weighted by Gasteiger charge is -2.26. The summed E-state index contributed by atoms with van der Waals surface area (Å²) in [6.07, 6.45) is 0. The zero-order valence-electron chi connectivity index (χ0n) is 37.8. The van der Waals surface area contributed by atoms with Crippen LogP contribution in [-0.2, 0) is 10.8 Å². The third-order valence-corrected chi connectivity index (χ3v) is 12.0. The standard InChI is InChI=1S/C60H51N5/c1-59(2,3)57-55(61-51-16-10-12-18-53(51)63-57)46-24-20-41(21-25-46)44-30-36-49(37-31-44)65(48-34-28-43(29-35-48)40-14-8-7-9-15-40)50-38-32-45(33-39-50)42-22-26-47(27-23-42)56-58(60(4,5)6)64-54-19-13-11-17-52(54)62-56/h7-39H,1-6H3. The van der Waals surface area contributed by atoms with Crippen LogP contribution in [0.1, 0.15) is 52.9 Å². The summed E-state index contributed by atoms with van der Waals surface area (Å²) in [4.78, 5) is 22.7. The van der Waals surface area contributed by atoms with E-state index in [9.17, 15) is 0 Å². The van der Waals surface area contributed by atoms with E-state index in [1.165, 1.54) is 11.1 Å². The minimum atomic E-state index is -0.161. The highest BCUT2D eigenvalue weighted by Crippen LogP contribution is 2.39. The van der Waals surface area contributed by atoms with Crippen molar-refractivity contribution in [1.82, 2.24) is 19.9 Å². The van der Waals surface area contributed by atoms with Gasteiger partial charge in [-0.1, -0.05) is 181 Å². The second-order valence-electron chi connectivity index (χ2n) is 18.8. The fourth-order valence-corrected chi connectivity index (χ4v) is 8.58. The van der Waals surface area contributed by atoms with Gasteiger partial charge in [-0.05, 0) is 94.0 Å². The van der Waals surface area contributed by atoms with Gasteiger partial charge in [0.2, 0.25) is 0 Å². The van der Waals surface area contributed by atoms with E-state index in [0.29, 0.717) is 0 Å². The third-order valence-electron chi connectivity index (χ3n) is 12.0. The quantitative estimate of drug-likeness (QED) is 0.153. The van der Waals surface area contributed by atoms with E-state index in [-0.39, 0.29) is 10.8 Å². The third kappa shape index (κ3) is 8.41. The molecule has 10 rings (SSSR count). The zero-order valence-corrected chi connectivity index (χ0v) is 37.8. The second-order valence-corrected chi connectivity index (χ2v) is 18.8. The number of anilines is 3. The molecule has 0 fully saturated rings. The summed E-state index contributed by atoms with van der Waals surface area (Å²) in [5.41, 5.74) is 19.5. The molecule has 0 aliphatic heterocycles. The van der Waals surface area contributed by atoms with Gasteiger partial charge in [-0.3, -0.25) is 0 Å². The highest BCUT2D eigenvalue weighted by molar-refractivity contribution is 5.84. The Morgan fingerprint density at radius 2 is 0.508 bits per heavy atom. The van der Waals surface area contributed by atoms with Crippen LogP contribution in [0.2, 0.25) is 0 Å². The van der Waals surface area contributed by atoms with Gasteiger partial charge < -0.3 is 4.90 Å². The van der Waals surface area contributed by atoms with Gasteiger partial charge in [-0.15, -0.1) is 0 Å². The summed E-state index contributed by atoms with van der Waals surface area (Å²) < 4.78 is 0. The van der Waals surface area contributed by atoms with Crippen molar-refractivity contribution in [3.8, 4) is 55.9 Å². The van der Waals surface area contributed by atoms with Crippen LogP contribution in [0.4, 0.5) is 17.1 Å². The molecule has 65 heavy (non-hydrogen) atoms. The summed E-state index contributed by atoms with van der Waals surface area (Å²) in [5, 5.41) is 0. The van der Waals surface area contributed by atoms with Crippen LogP contribution >= 0.6 is 0 Å². The number of nitrogens with zero attached hydrogens (tertiary/aromatic N) is 5. The molecule has 5 heteroatoms. The first-order valence-corrected chi connectivity index (χ1v) is 22.4. The monoisotopic (exact) mass is 841 g/mol. The molecule has 0 bridgehead atoms. The van der Waals surface area contributed by atoms with E-state index in [4.69, 9.17) is 19.9 Å². The molecule has 0 saturated carbocycles. The fraction of sp³-hybridized carbons (Fsp3) is 0.133. The molecule has 2 aromatic heterocycles. The smallest absolute Gasteiger partial charge is 0.0930 e. The van der Waals surface area contributed by atoms with Crippen molar-refractivity contribution < 1.29 is 0 Å². The number of benzene rings is 8. The maximum Gasteiger partial charge on any atom is 0.0930 e. The van der Waals surface area contributed by atoms with Gasteiger partial charge in [0.15, 0.2) is 0 Å². The number of para-hydroxylation sites is 4. The van der Waals surface area contributed by atoms with Gasteiger partial charge in [-0.2, -0.15) is 0 Å². The number of aromatic nitrogens is 4. The first-order valence-electron chi connectivity index (χ1n) is 22.4. The molecule has 0 aliphatic rings. The molecule has 8 aromatic carbocycles. The van der Waals surface area contributed by atoms with Crippen molar-refractivity contribution in [2.24, 2.45) is 0 Å². The Labute approximate surface area is 382 Å². The van der Waals surface area contributed by atoms with Gasteiger partial charge in [0, 0.05) is 39.0 Å². The lowest BCUT2D eigenvalue weighted by molar-refractivity contribution is 0.571. The summed E-state index contributed by atoms with van der Waals surface area (Å²) in [6.45, 7) is 13.2. The molecule has 0 unspecified atom stereocenters. The van der Waals surface area contributed by atoms with Crippen LogP contribution in [0.15, 0.2) is 200 Å². The lowest BCUT2D eigenvalue weighted by atomic mass is 9.88. The highest BCUT2D eigenvalue weighted by atomic mass is 15.1. The molecule has 0 saturated heterocycles. The van der Waals surface area contributed by atoms with Gasteiger partial charge >= 0.3 is 0 Å². The van der Waals surface area contributed by atoms with Crippen LogP contribution in [-0.4, -0.2) is 19.9 Å². The van der Waals surface area contributed by atoms with Crippen molar-refractivity contribution in [1.29, 1.82) is 0 Å². The van der Waals surface area contributed by atoms with Crippen molar-refractivity contribution in [3.05, 3.63) is 212 Å². The van der Waals surface area contributed by atoms with E-state index < -0.39 is 0 Å². The Hall–Kier alpha value is -7.76.